The van der Waals surface area contributed by atoms with E-state index in [1.54, 1.807) is 6.08 Å². The SMILES string of the molecule is C=CC1=C(C)C(=O)NC1Cc1[nH]c(Cc2[nH]c3c(c2C)C(=O)C/C3=C2\NC(C(=O)O)C(C)C2CCC(=O)O)c(CC)c1C. The number of rotatable bonds is 10. The predicted octanol–water partition coefficient (Wildman–Crippen LogP) is 4.13. The highest BCUT2D eigenvalue weighted by Gasteiger charge is 2.44. The average Bonchev–Trinajstić information content (AvgIpc) is 3.69. The Morgan fingerprint density at radius 2 is 1.74 bits per heavy atom. The standard InChI is InChI=1S/C33H40N4O6/c1-7-18-14(3)22(12-25-19(8-2)16(5)32(41)36-25)34-24(18)13-23-17(6)28-26(38)11-21(31(28)35-23)30-20(9-10-27(39)40)15(4)29(37-30)33(42)43/h8,15,20,25,29,34-35,37H,2,7,9-13H2,1,3-6H3,(H,36,41)(H,39,40)(H,42,43)/b30-21+. The molecule has 4 unspecified atom stereocenters. The van der Waals surface area contributed by atoms with Gasteiger partial charge in [-0.3, -0.25) is 14.4 Å². The number of carboxylic acids is 2. The summed E-state index contributed by atoms with van der Waals surface area (Å²) in [5.74, 6) is -2.68. The van der Waals surface area contributed by atoms with E-state index in [0.29, 0.717) is 35.4 Å². The Kier molecular flexibility index (Phi) is 7.98. The number of nitrogens with one attached hydrogen (secondary N) is 4. The van der Waals surface area contributed by atoms with Gasteiger partial charge in [0, 0.05) is 71.1 Å². The van der Waals surface area contributed by atoms with Crippen molar-refractivity contribution in [3.05, 3.63) is 74.5 Å². The number of carbonyl (C=O) groups is 4. The zero-order valence-corrected chi connectivity index (χ0v) is 25.4. The summed E-state index contributed by atoms with van der Waals surface area (Å²) in [6, 6.07) is -0.999. The third kappa shape index (κ3) is 5.13. The van der Waals surface area contributed by atoms with Gasteiger partial charge >= 0.3 is 11.9 Å². The van der Waals surface area contributed by atoms with Crippen LogP contribution in [-0.4, -0.2) is 55.9 Å². The van der Waals surface area contributed by atoms with Gasteiger partial charge in [-0.15, -0.1) is 0 Å². The van der Waals surface area contributed by atoms with Crippen molar-refractivity contribution in [1.29, 1.82) is 0 Å². The van der Waals surface area contributed by atoms with E-state index < -0.39 is 18.0 Å². The van der Waals surface area contributed by atoms with Gasteiger partial charge in [-0.2, -0.15) is 0 Å². The number of carbonyl (C=O) groups excluding carboxylic acids is 2. The Balaban J connectivity index is 1.49. The number of fused-ring (bicyclic) bond motifs is 1. The fraction of sp³-hybridized carbons (Fsp3) is 0.455. The van der Waals surface area contributed by atoms with Crippen molar-refractivity contribution in [1.82, 2.24) is 20.6 Å². The number of ketones is 1. The number of aromatic amines is 2. The van der Waals surface area contributed by atoms with Gasteiger partial charge in [-0.25, -0.2) is 4.79 Å². The number of amides is 1. The molecule has 43 heavy (non-hydrogen) atoms. The first-order valence-corrected chi connectivity index (χ1v) is 14.9. The van der Waals surface area contributed by atoms with Crippen LogP contribution in [0.5, 0.6) is 0 Å². The summed E-state index contributed by atoms with van der Waals surface area (Å²) >= 11 is 0. The van der Waals surface area contributed by atoms with Crippen LogP contribution in [0.15, 0.2) is 29.5 Å². The van der Waals surface area contributed by atoms with Crippen molar-refractivity contribution >= 4 is 29.2 Å². The minimum Gasteiger partial charge on any atom is -0.481 e. The minimum atomic E-state index is -0.996. The van der Waals surface area contributed by atoms with Crippen LogP contribution >= 0.6 is 0 Å². The predicted molar refractivity (Wildman–Crippen MR) is 162 cm³/mol. The number of hydrogen-bond donors (Lipinski definition) is 6. The van der Waals surface area contributed by atoms with Crippen molar-refractivity contribution in [2.24, 2.45) is 11.8 Å². The molecule has 0 aromatic carbocycles. The zero-order valence-electron chi connectivity index (χ0n) is 25.4. The molecular formula is C33H40N4O6. The third-order valence-corrected chi connectivity index (χ3v) is 9.74. The van der Waals surface area contributed by atoms with E-state index in [0.717, 1.165) is 45.8 Å². The van der Waals surface area contributed by atoms with Gasteiger partial charge in [0.2, 0.25) is 5.91 Å². The Morgan fingerprint density at radius 3 is 2.37 bits per heavy atom. The van der Waals surface area contributed by atoms with E-state index in [1.807, 2.05) is 20.8 Å². The molecule has 10 heteroatoms. The lowest BCUT2D eigenvalue weighted by Gasteiger charge is -2.17. The highest BCUT2D eigenvalue weighted by atomic mass is 16.4. The zero-order chi connectivity index (χ0) is 31.3. The molecule has 6 N–H and O–H groups in total. The Bertz CT molecular complexity index is 1620. The molecule has 0 radical (unpaired) electrons. The first-order chi connectivity index (χ1) is 20.4. The van der Waals surface area contributed by atoms with Crippen molar-refractivity contribution < 1.29 is 29.4 Å². The van der Waals surface area contributed by atoms with Gasteiger partial charge in [-0.1, -0.05) is 26.5 Å². The maximum atomic E-state index is 13.3. The van der Waals surface area contributed by atoms with Gasteiger partial charge in [0.1, 0.15) is 6.04 Å². The van der Waals surface area contributed by atoms with Crippen LogP contribution < -0.4 is 10.6 Å². The van der Waals surface area contributed by atoms with Crippen LogP contribution in [-0.2, 0) is 33.6 Å². The maximum Gasteiger partial charge on any atom is 0.326 e. The molecular weight excluding hydrogens is 548 g/mol. The molecule has 0 spiro atoms. The minimum absolute atomic E-state index is 0.0298. The van der Waals surface area contributed by atoms with Crippen LogP contribution in [0.2, 0.25) is 0 Å². The average molecular weight is 589 g/mol. The summed E-state index contributed by atoms with van der Waals surface area (Å²) in [6.45, 7) is 13.7. The molecule has 4 atom stereocenters. The molecule has 1 fully saturated rings. The van der Waals surface area contributed by atoms with E-state index in [9.17, 15) is 29.4 Å². The Hall–Kier alpha value is -4.34. The first-order valence-electron chi connectivity index (χ1n) is 14.9. The molecule has 0 saturated carbocycles. The number of carboxylic acid groups (broad SMARTS) is 2. The Labute approximate surface area is 250 Å². The molecule has 2 aromatic heterocycles. The van der Waals surface area contributed by atoms with Gasteiger partial charge in [0.05, 0.1) is 11.7 Å². The van der Waals surface area contributed by atoms with E-state index >= 15 is 0 Å². The summed E-state index contributed by atoms with van der Waals surface area (Å²) < 4.78 is 0. The molecule has 1 aliphatic carbocycles. The van der Waals surface area contributed by atoms with Crippen LogP contribution in [0, 0.1) is 25.7 Å². The van der Waals surface area contributed by atoms with E-state index in [2.05, 4.69) is 41.0 Å². The number of aliphatic carboxylic acids is 2. The Morgan fingerprint density at radius 1 is 1.02 bits per heavy atom. The second-order valence-electron chi connectivity index (χ2n) is 12.1. The van der Waals surface area contributed by atoms with Crippen molar-refractivity contribution in [2.75, 3.05) is 0 Å². The lowest BCUT2D eigenvalue weighted by atomic mass is 9.85. The maximum absolute atomic E-state index is 13.3. The molecule has 10 nitrogen and oxygen atoms in total. The molecule has 2 aliphatic heterocycles. The lowest BCUT2D eigenvalue weighted by Crippen LogP contribution is -2.34. The summed E-state index contributed by atoms with van der Waals surface area (Å²) in [4.78, 5) is 56.1. The van der Waals surface area contributed by atoms with Crippen molar-refractivity contribution in [3.8, 4) is 0 Å². The lowest BCUT2D eigenvalue weighted by molar-refractivity contribution is -0.140. The molecule has 4 heterocycles. The quantitative estimate of drug-likeness (QED) is 0.243. The number of allylic oxidation sites excluding steroid dienone is 2. The second kappa shape index (κ2) is 11.4. The molecule has 0 bridgehead atoms. The van der Waals surface area contributed by atoms with Crippen LogP contribution in [0.4, 0.5) is 0 Å². The molecule has 1 amide bonds. The largest absolute Gasteiger partial charge is 0.481 e. The third-order valence-electron chi connectivity index (χ3n) is 9.74. The van der Waals surface area contributed by atoms with Crippen molar-refractivity contribution in [2.45, 2.75) is 85.2 Å². The van der Waals surface area contributed by atoms with E-state index in [1.165, 1.54) is 5.56 Å². The number of hydrogen-bond acceptors (Lipinski definition) is 5. The smallest absolute Gasteiger partial charge is 0.326 e. The van der Waals surface area contributed by atoms with Crippen LogP contribution in [0.1, 0.15) is 89.9 Å². The van der Waals surface area contributed by atoms with Gasteiger partial charge in [0.15, 0.2) is 5.78 Å². The number of Topliss-reactive ketones (excluding diaryl/α,β-unsaturated/α-hetero) is 1. The number of aromatic nitrogens is 2. The molecule has 5 rings (SSSR count). The summed E-state index contributed by atoms with van der Waals surface area (Å²) in [7, 11) is 0. The molecule has 3 aliphatic rings. The molecule has 1 saturated heterocycles. The highest BCUT2D eigenvalue weighted by molar-refractivity contribution is 6.13. The van der Waals surface area contributed by atoms with Crippen LogP contribution in [0.25, 0.3) is 5.57 Å². The number of H-pyrrole nitrogens is 2. The monoisotopic (exact) mass is 588 g/mol. The fourth-order valence-corrected chi connectivity index (χ4v) is 7.32. The molecule has 228 valence electrons. The highest BCUT2D eigenvalue weighted by Crippen LogP contribution is 2.44. The van der Waals surface area contributed by atoms with E-state index in [4.69, 9.17) is 0 Å². The van der Waals surface area contributed by atoms with Gasteiger partial charge < -0.3 is 30.8 Å². The van der Waals surface area contributed by atoms with Crippen LogP contribution in [0.3, 0.4) is 0 Å². The topological polar surface area (TPSA) is 164 Å². The fourth-order valence-electron chi connectivity index (χ4n) is 7.32. The van der Waals surface area contributed by atoms with Gasteiger partial charge in [0.25, 0.3) is 0 Å². The van der Waals surface area contributed by atoms with Gasteiger partial charge in [-0.05, 0) is 61.8 Å². The van der Waals surface area contributed by atoms with Crippen molar-refractivity contribution in [3.63, 3.8) is 0 Å². The first kappa shape index (κ1) is 30.1. The summed E-state index contributed by atoms with van der Waals surface area (Å²) in [5, 5.41) is 25.3. The summed E-state index contributed by atoms with van der Waals surface area (Å²) in [5.41, 5.74) is 10.5. The second-order valence-corrected chi connectivity index (χ2v) is 12.1. The normalized spacial score (nSPS) is 24.9. The van der Waals surface area contributed by atoms with E-state index in [-0.39, 0.29) is 48.8 Å². The molecule has 2 aromatic rings. The summed E-state index contributed by atoms with van der Waals surface area (Å²) in [6.07, 6.45) is 4.07.